The van der Waals surface area contributed by atoms with Gasteiger partial charge in [0.2, 0.25) is 5.91 Å². The number of aliphatic carboxylic acids is 1. The van der Waals surface area contributed by atoms with Gasteiger partial charge in [-0.25, -0.2) is 0 Å². The van der Waals surface area contributed by atoms with E-state index in [1.807, 2.05) is 0 Å². The van der Waals surface area contributed by atoms with Crippen molar-refractivity contribution in [2.45, 2.75) is 26.4 Å². The predicted molar refractivity (Wildman–Crippen MR) is 49.9 cm³/mol. The van der Waals surface area contributed by atoms with Crippen molar-refractivity contribution in [1.29, 1.82) is 0 Å². The molecule has 0 saturated carbocycles. The van der Waals surface area contributed by atoms with E-state index in [4.69, 9.17) is 5.11 Å². The first kappa shape index (κ1) is 18.2. The van der Waals surface area contributed by atoms with Gasteiger partial charge in [0.1, 0.15) is 6.10 Å². The Balaban J connectivity index is 0. The quantitative estimate of drug-likeness (QED) is 0.405. The summed E-state index contributed by atoms with van der Waals surface area (Å²) in [5.41, 5.74) is -1.05. The summed E-state index contributed by atoms with van der Waals surface area (Å²) in [6.45, 7) is 2.31. The van der Waals surface area contributed by atoms with Crippen LogP contribution >= 0.6 is 0 Å². The SMILES string of the molecule is CC(C)(C[O-])[C@@H](O)C(=O)NCCC(=O)O.[Na+]. The molecule has 0 aliphatic heterocycles. The molecule has 88 valence electrons. The molecule has 0 unspecified atom stereocenters. The molecule has 0 bridgehead atoms. The van der Waals surface area contributed by atoms with Gasteiger partial charge in [-0.2, -0.15) is 0 Å². The summed E-state index contributed by atoms with van der Waals surface area (Å²) in [5, 5.41) is 30.6. The Kier molecular flexibility index (Phi) is 9.14. The van der Waals surface area contributed by atoms with Crippen LogP contribution in [-0.2, 0) is 9.59 Å². The molecule has 6 nitrogen and oxygen atoms in total. The Labute approximate surface area is 116 Å². The first-order chi connectivity index (χ1) is 6.81. The van der Waals surface area contributed by atoms with Crippen LogP contribution in [0.15, 0.2) is 0 Å². The smallest absolute Gasteiger partial charge is 0.854 e. The maximum absolute atomic E-state index is 11.2. The number of carboxylic acid groups (broad SMARTS) is 1. The summed E-state index contributed by atoms with van der Waals surface area (Å²) < 4.78 is 0. The second kappa shape index (κ2) is 8.03. The van der Waals surface area contributed by atoms with Crippen LogP contribution < -0.4 is 40.0 Å². The predicted octanol–water partition coefficient (Wildman–Crippen LogP) is -4.67. The van der Waals surface area contributed by atoms with Crippen molar-refractivity contribution in [2.75, 3.05) is 13.2 Å². The van der Waals surface area contributed by atoms with Crippen LogP contribution in [0.1, 0.15) is 20.3 Å². The van der Waals surface area contributed by atoms with Crippen molar-refractivity contribution in [1.82, 2.24) is 5.32 Å². The number of carbonyl (C=O) groups excluding carboxylic acids is 1. The van der Waals surface area contributed by atoms with Gasteiger partial charge in [-0.1, -0.05) is 13.8 Å². The van der Waals surface area contributed by atoms with Gasteiger partial charge in [-0.05, 0) is 5.41 Å². The van der Waals surface area contributed by atoms with Crippen molar-refractivity contribution in [3.05, 3.63) is 0 Å². The fraction of sp³-hybridized carbons (Fsp3) is 0.778. The molecule has 0 rings (SSSR count). The van der Waals surface area contributed by atoms with Gasteiger partial charge >= 0.3 is 35.5 Å². The third kappa shape index (κ3) is 6.44. The fourth-order valence-electron chi connectivity index (χ4n) is 0.823. The Morgan fingerprint density at radius 1 is 1.44 bits per heavy atom. The first-order valence-electron chi connectivity index (χ1n) is 4.57. The molecule has 3 N–H and O–H groups in total. The summed E-state index contributed by atoms with van der Waals surface area (Å²) in [5.74, 6) is -1.75. The molecule has 7 heteroatoms. The van der Waals surface area contributed by atoms with Gasteiger partial charge < -0.3 is 20.6 Å². The van der Waals surface area contributed by atoms with Crippen LogP contribution in [0.3, 0.4) is 0 Å². The topological polar surface area (TPSA) is 110 Å². The Morgan fingerprint density at radius 3 is 2.31 bits per heavy atom. The molecule has 16 heavy (non-hydrogen) atoms. The Bertz CT molecular complexity index is 244. The zero-order chi connectivity index (χ0) is 12.1. The number of hydrogen-bond acceptors (Lipinski definition) is 4. The van der Waals surface area contributed by atoms with Crippen molar-refractivity contribution < 1.29 is 54.5 Å². The minimum Gasteiger partial charge on any atom is -0.854 e. The molecular weight excluding hydrogens is 225 g/mol. The zero-order valence-electron chi connectivity index (χ0n) is 9.82. The molecule has 0 aromatic carbocycles. The average Bonchev–Trinajstić information content (AvgIpc) is 2.15. The number of amides is 1. The minimum atomic E-state index is -1.41. The van der Waals surface area contributed by atoms with Crippen molar-refractivity contribution in [3.8, 4) is 0 Å². The van der Waals surface area contributed by atoms with Gasteiger partial charge in [0, 0.05) is 6.54 Å². The molecule has 1 amide bonds. The molecule has 0 aliphatic rings. The van der Waals surface area contributed by atoms with E-state index >= 15 is 0 Å². The van der Waals surface area contributed by atoms with Gasteiger partial charge in [-0.3, -0.25) is 9.59 Å². The number of carbonyl (C=O) groups is 2. The maximum atomic E-state index is 11.2. The van der Waals surface area contributed by atoms with Gasteiger partial charge in [-0.15, -0.1) is 6.61 Å². The third-order valence-corrected chi connectivity index (χ3v) is 2.00. The number of carboxylic acids is 1. The van der Waals surface area contributed by atoms with Crippen molar-refractivity contribution in [2.24, 2.45) is 5.41 Å². The van der Waals surface area contributed by atoms with E-state index in [1.54, 1.807) is 0 Å². The number of nitrogens with one attached hydrogen (secondary N) is 1. The van der Waals surface area contributed by atoms with Crippen LogP contribution in [0.2, 0.25) is 0 Å². The van der Waals surface area contributed by atoms with Gasteiger partial charge in [0.15, 0.2) is 0 Å². The van der Waals surface area contributed by atoms with E-state index in [-0.39, 0.29) is 42.5 Å². The van der Waals surface area contributed by atoms with Gasteiger partial charge in [0.25, 0.3) is 0 Å². The average molecular weight is 241 g/mol. The Hall–Kier alpha value is -0.140. The second-order valence-corrected chi connectivity index (χ2v) is 3.97. The third-order valence-electron chi connectivity index (χ3n) is 2.00. The molecule has 0 fully saturated rings. The molecule has 0 aromatic rings. The fourth-order valence-corrected chi connectivity index (χ4v) is 0.823. The van der Waals surface area contributed by atoms with Crippen molar-refractivity contribution in [3.63, 3.8) is 0 Å². The first-order valence-corrected chi connectivity index (χ1v) is 4.57. The van der Waals surface area contributed by atoms with E-state index in [0.29, 0.717) is 0 Å². The molecule has 0 saturated heterocycles. The summed E-state index contributed by atoms with van der Waals surface area (Å²) in [4.78, 5) is 21.4. The molecule has 0 aliphatic carbocycles. The van der Waals surface area contributed by atoms with Crippen molar-refractivity contribution >= 4 is 11.9 Å². The molecule has 0 radical (unpaired) electrons. The van der Waals surface area contributed by atoms with Crippen LogP contribution in [0, 0.1) is 5.41 Å². The molecule has 0 spiro atoms. The monoisotopic (exact) mass is 241 g/mol. The van der Waals surface area contributed by atoms with Crippen LogP contribution in [0.5, 0.6) is 0 Å². The standard InChI is InChI=1S/C9H16NO5.Na/c1-9(2,5-11)7(14)8(15)10-4-3-6(12)13;/h7,14H,3-5H2,1-2H3,(H,10,15)(H,12,13);/q-1;+1/t7-;/m0./s1. The zero-order valence-corrected chi connectivity index (χ0v) is 11.8. The minimum absolute atomic E-state index is 0. The number of aliphatic hydroxyl groups is 1. The van der Waals surface area contributed by atoms with E-state index in [1.165, 1.54) is 13.8 Å². The normalized spacial score (nSPS) is 12.5. The summed E-state index contributed by atoms with van der Waals surface area (Å²) >= 11 is 0. The van der Waals surface area contributed by atoms with E-state index < -0.39 is 30.0 Å². The van der Waals surface area contributed by atoms with E-state index in [0.717, 1.165) is 0 Å². The number of hydrogen-bond donors (Lipinski definition) is 3. The molecule has 0 aromatic heterocycles. The molecular formula is C9H16NNaO5. The largest absolute Gasteiger partial charge is 1.00 e. The van der Waals surface area contributed by atoms with E-state index in [9.17, 15) is 19.8 Å². The van der Waals surface area contributed by atoms with Crippen LogP contribution in [0.4, 0.5) is 0 Å². The Morgan fingerprint density at radius 2 is 1.94 bits per heavy atom. The van der Waals surface area contributed by atoms with Crippen LogP contribution in [-0.4, -0.2) is 41.3 Å². The molecule has 0 heterocycles. The summed E-state index contributed by atoms with van der Waals surface area (Å²) in [6.07, 6.45) is -1.63. The number of rotatable bonds is 6. The summed E-state index contributed by atoms with van der Waals surface area (Å²) in [7, 11) is 0. The maximum Gasteiger partial charge on any atom is 1.00 e. The van der Waals surface area contributed by atoms with E-state index in [2.05, 4.69) is 5.32 Å². The van der Waals surface area contributed by atoms with Gasteiger partial charge in [0.05, 0.1) is 6.42 Å². The number of aliphatic hydroxyl groups excluding tert-OH is 1. The summed E-state index contributed by atoms with van der Waals surface area (Å²) in [6, 6.07) is 0. The van der Waals surface area contributed by atoms with Crippen LogP contribution in [0.25, 0.3) is 0 Å². The molecule has 1 atom stereocenters. The second-order valence-electron chi connectivity index (χ2n) is 3.97.